The van der Waals surface area contributed by atoms with Gasteiger partial charge in [-0.25, -0.2) is 4.79 Å². The van der Waals surface area contributed by atoms with Gasteiger partial charge in [-0.1, -0.05) is 115 Å². The van der Waals surface area contributed by atoms with Gasteiger partial charge in [0.1, 0.15) is 11.3 Å². The van der Waals surface area contributed by atoms with E-state index >= 15 is 0 Å². The molecule has 0 saturated heterocycles. The van der Waals surface area contributed by atoms with Crippen molar-refractivity contribution in [2.24, 2.45) is 0 Å². The zero-order valence-corrected chi connectivity index (χ0v) is 19.8. The minimum Gasteiger partial charge on any atom is -0.480 e. The van der Waals surface area contributed by atoms with E-state index in [-0.39, 0.29) is 22.4 Å². The summed E-state index contributed by atoms with van der Waals surface area (Å²) in [4.78, 5) is 50.2. The molecule has 8 heteroatoms. The van der Waals surface area contributed by atoms with Gasteiger partial charge in [-0.3, -0.25) is 14.4 Å². The highest BCUT2D eigenvalue weighted by Crippen LogP contribution is 2.24. The zero-order valence-electron chi connectivity index (χ0n) is 18.1. The van der Waals surface area contributed by atoms with Crippen molar-refractivity contribution < 1.29 is 24.3 Å². The van der Waals surface area contributed by atoms with Gasteiger partial charge < -0.3 is 10.4 Å². The lowest BCUT2D eigenvalue weighted by molar-refractivity contribution is -0.141. The second kappa shape index (κ2) is 12.8. The Bertz CT molecular complexity index is 1120. The molecule has 34 heavy (non-hydrogen) atoms. The lowest BCUT2D eigenvalue weighted by atomic mass is 10.1. The first-order valence-corrected chi connectivity index (χ1v) is 12.4. The first kappa shape index (κ1) is 25.3. The van der Waals surface area contributed by atoms with Crippen LogP contribution in [-0.4, -0.2) is 44.3 Å². The lowest BCUT2D eigenvalue weighted by Gasteiger charge is -2.19. The number of carbonyl (C=O) groups is 4. The van der Waals surface area contributed by atoms with E-state index in [1.807, 2.05) is 6.07 Å². The molecule has 6 nitrogen and oxygen atoms in total. The standard InChI is InChI=1S/C26H23NO5S2/c28-23(27-21(24(29)30)16-18-10-4-1-5-11-18)22(34-26(32)20-14-8-3-9-15-20)17-33-25(31)19-12-6-2-7-13-19/h1-15,21-22H,16-17H2,(H,27,28)(H,29,30)/t21-,22?/m0/s1. The smallest absolute Gasteiger partial charge is 0.326 e. The molecule has 0 bridgehead atoms. The van der Waals surface area contributed by atoms with Crippen LogP contribution in [0.5, 0.6) is 0 Å². The molecule has 0 aliphatic rings. The maximum atomic E-state index is 13.1. The molecule has 1 unspecified atom stereocenters. The third kappa shape index (κ3) is 7.60. The number of carboxylic acid groups (broad SMARTS) is 1. The number of carbonyl (C=O) groups excluding carboxylic acids is 3. The number of thioether (sulfide) groups is 2. The molecule has 0 aliphatic carbocycles. The normalized spacial score (nSPS) is 12.4. The third-order valence-electron chi connectivity index (χ3n) is 4.82. The van der Waals surface area contributed by atoms with E-state index < -0.39 is 23.2 Å². The number of carboxylic acids is 1. The van der Waals surface area contributed by atoms with E-state index in [4.69, 9.17) is 0 Å². The van der Waals surface area contributed by atoms with Crippen molar-refractivity contribution in [1.29, 1.82) is 0 Å². The molecule has 0 saturated carbocycles. The molecule has 0 radical (unpaired) electrons. The molecule has 3 aromatic rings. The van der Waals surface area contributed by atoms with Gasteiger partial charge in [-0.2, -0.15) is 0 Å². The van der Waals surface area contributed by atoms with Crippen molar-refractivity contribution in [3.05, 3.63) is 108 Å². The molecule has 2 atom stereocenters. The monoisotopic (exact) mass is 493 g/mol. The fourth-order valence-corrected chi connectivity index (χ4v) is 5.00. The SMILES string of the molecule is O=C(SCC(SC(=O)c1ccccc1)C(=O)N[C@@H](Cc1ccccc1)C(=O)O)c1ccccc1. The van der Waals surface area contributed by atoms with Gasteiger partial charge in [-0.15, -0.1) is 0 Å². The minimum absolute atomic E-state index is 0.0144. The molecule has 0 aromatic heterocycles. The van der Waals surface area contributed by atoms with Gasteiger partial charge >= 0.3 is 5.97 Å². The third-order valence-corrected chi connectivity index (χ3v) is 7.15. The van der Waals surface area contributed by atoms with E-state index in [1.165, 1.54) is 0 Å². The van der Waals surface area contributed by atoms with Gasteiger partial charge in [0.05, 0.1) is 0 Å². The Kier molecular flexibility index (Phi) is 9.49. The van der Waals surface area contributed by atoms with Crippen LogP contribution in [0, 0.1) is 0 Å². The second-order valence-electron chi connectivity index (χ2n) is 7.31. The van der Waals surface area contributed by atoms with Crippen LogP contribution in [0.2, 0.25) is 0 Å². The summed E-state index contributed by atoms with van der Waals surface area (Å²) in [6.07, 6.45) is 0.0992. The molecule has 174 valence electrons. The van der Waals surface area contributed by atoms with Gasteiger partial charge in [0.25, 0.3) is 0 Å². The zero-order chi connectivity index (χ0) is 24.3. The Morgan fingerprint density at radius 3 is 1.76 bits per heavy atom. The van der Waals surface area contributed by atoms with Crippen LogP contribution in [-0.2, 0) is 16.0 Å². The topological polar surface area (TPSA) is 101 Å². The second-order valence-corrected chi connectivity index (χ2v) is 9.48. The maximum absolute atomic E-state index is 13.1. The summed E-state index contributed by atoms with van der Waals surface area (Å²) in [7, 11) is 0. The number of amides is 1. The highest BCUT2D eigenvalue weighted by Gasteiger charge is 2.29. The van der Waals surface area contributed by atoms with Crippen molar-refractivity contribution in [2.75, 3.05) is 5.75 Å². The Hall–Kier alpha value is -3.36. The van der Waals surface area contributed by atoms with Gasteiger partial charge in [0, 0.05) is 23.3 Å². The van der Waals surface area contributed by atoms with Crippen LogP contribution in [0.3, 0.4) is 0 Å². The van der Waals surface area contributed by atoms with Crippen LogP contribution >= 0.6 is 23.5 Å². The molecular formula is C26H23NO5S2. The molecule has 2 N–H and O–H groups in total. The van der Waals surface area contributed by atoms with Crippen molar-refractivity contribution in [3.8, 4) is 0 Å². The summed E-state index contributed by atoms with van der Waals surface area (Å²) in [5.41, 5.74) is 1.66. The highest BCUT2D eigenvalue weighted by molar-refractivity contribution is 8.18. The fourth-order valence-electron chi connectivity index (χ4n) is 3.06. The molecular weight excluding hydrogens is 470 g/mol. The van der Waals surface area contributed by atoms with Gasteiger partial charge in [0.2, 0.25) is 16.1 Å². The molecule has 1 amide bonds. The first-order chi connectivity index (χ1) is 16.4. The first-order valence-electron chi connectivity index (χ1n) is 10.5. The Morgan fingerprint density at radius 1 is 0.735 bits per heavy atom. The van der Waals surface area contributed by atoms with Gasteiger partial charge in [0.15, 0.2) is 0 Å². The minimum atomic E-state index is -1.18. The van der Waals surface area contributed by atoms with Crippen molar-refractivity contribution >= 4 is 45.6 Å². The number of hydrogen-bond donors (Lipinski definition) is 2. The van der Waals surface area contributed by atoms with Gasteiger partial charge in [-0.05, 0) is 5.56 Å². The average Bonchev–Trinajstić information content (AvgIpc) is 2.87. The summed E-state index contributed by atoms with van der Waals surface area (Å²) in [6, 6.07) is 24.9. The van der Waals surface area contributed by atoms with Crippen molar-refractivity contribution in [1.82, 2.24) is 5.32 Å². The summed E-state index contributed by atoms with van der Waals surface area (Å²) < 4.78 is 0. The van der Waals surface area contributed by atoms with E-state index in [9.17, 15) is 24.3 Å². The Morgan fingerprint density at radius 2 is 1.24 bits per heavy atom. The predicted molar refractivity (Wildman–Crippen MR) is 135 cm³/mol. The lowest BCUT2D eigenvalue weighted by Crippen LogP contribution is -2.46. The number of hydrogen-bond acceptors (Lipinski definition) is 6. The van der Waals surface area contributed by atoms with Crippen LogP contribution in [0.4, 0.5) is 0 Å². The summed E-state index contributed by atoms with van der Waals surface area (Å²) >= 11 is 1.71. The van der Waals surface area contributed by atoms with E-state index in [2.05, 4.69) is 5.32 Å². The largest absolute Gasteiger partial charge is 0.480 e. The van der Waals surface area contributed by atoms with Crippen molar-refractivity contribution in [2.45, 2.75) is 17.7 Å². The van der Waals surface area contributed by atoms with Crippen LogP contribution < -0.4 is 5.32 Å². The Balaban J connectivity index is 1.73. The molecule has 0 aliphatic heterocycles. The number of rotatable bonds is 10. The molecule has 0 fully saturated rings. The number of aliphatic carboxylic acids is 1. The van der Waals surface area contributed by atoms with E-state index in [0.29, 0.717) is 11.1 Å². The van der Waals surface area contributed by atoms with Crippen molar-refractivity contribution in [3.63, 3.8) is 0 Å². The Labute approximate surface area is 206 Å². The van der Waals surface area contributed by atoms with Crippen LogP contribution in [0.15, 0.2) is 91.0 Å². The molecule has 3 aromatic carbocycles. The van der Waals surface area contributed by atoms with Crippen LogP contribution in [0.1, 0.15) is 26.3 Å². The maximum Gasteiger partial charge on any atom is 0.326 e. The summed E-state index contributed by atoms with van der Waals surface area (Å²) in [5.74, 6) is -1.77. The number of nitrogens with one attached hydrogen (secondary N) is 1. The summed E-state index contributed by atoms with van der Waals surface area (Å²) in [5, 5.41) is 10.7. The molecule has 3 rings (SSSR count). The van der Waals surface area contributed by atoms with E-state index in [0.717, 1.165) is 29.1 Å². The summed E-state index contributed by atoms with van der Waals surface area (Å²) in [6.45, 7) is 0. The number of benzene rings is 3. The predicted octanol–water partition coefficient (Wildman–Crippen LogP) is 4.31. The highest BCUT2D eigenvalue weighted by atomic mass is 32.2. The molecule has 0 heterocycles. The average molecular weight is 494 g/mol. The quantitative estimate of drug-likeness (QED) is 0.434. The molecule has 0 spiro atoms. The van der Waals surface area contributed by atoms with E-state index in [1.54, 1.807) is 84.9 Å². The fraction of sp³-hybridized carbons (Fsp3) is 0.154. The van der Waals surface area contributed by atoms with Crippen LogP contribution in [0.25, 0.3) is 0 Å².